The Morgan fingerprint density at radius 2 is 1.80 bits per heavy atom. The van der Waals surface area contributed by atoms with Crippen molar-refractivity contribution in [2.24, 2.45) is 10.6 Å². The van der Waals surface area contributed by atoms with Crippen molar-refractivity contribution in [1.82, 2.24) is 9.80 Å². The zero-order chi connectivity index (χ0) is 29.1. The molecule has 0 atom stereocenters. The van der Waals surface area contributed by atoms with Gasteiger partial charge in [-0.2, -0.15) is 0 Å². The smallest absolute Gasteiger partial charge is 0.309 e. The summed E-state index contributed by atoms with van der Waals surface area (Å²) >= 11 is 0. The average Bonchev–Trinajstić information content (AvgIpc) is 3.68. The van der Waals surface area contributed by atoms with Crippen LogP contribution in [0.4, 0.5) is 17.6 Å². The van der Waals surface area contributed by atoms with Crippen molar-refractivity contribution in [3.05, 3.63) is 52.6 Å². The molecule has 0 radical (unpaired) electrons. The van der Waals surface area contributed by atoms with Gasteiger partial charge in [-0.05, 0) is 68.7 Å². The number of hydrogen-bond donors (Lipinski definition) is 1. The lowest BCUT2D eigenvalue weighted by molar-refractivity contribution is -0.150. The van der Waals surface area contributed by atoms with E-state index in [1.54, 1.807) is 19.9 Å². The molecule has 41 heavy (non-hydrogen) atoms. The molecule has 7 nitrogen and oxygen atoms in total. The maximum absolute atomic E-state index is 14.9. The second-order valence-electron chi connectivity index (χ2n) is 12.1. The summed E-state index contributed by atoms with van der Waals surface area (Å²) in [4.78, 5) is 21.8. The first-order chi connectivity index (χ1) is 19.5. The summed E-state index contributed by atoms with van der Waals surface area (Å²) in [5.41, 5.74) is 0.462. The van der Waals surface area contributed by atoms with Crippen LogP contribution in [0.2, 0.25) is 0 Å². The lowest BCUT2D eigenvalue weighted by Crippen LogP contribution is -2.61. The molecule has 0 amide bonds. The summed E-state index contributed by atoms with van der Waals surface area (Å²) < 4.78 is 62.8. The number of ether oxygens (including phenoxy) is 1. The molecular formula is C30H33F4N3O4. The first-order valence-corrected chi connectivity index (χ1v) is 14.1. The molecule has 220 valence electrons. The van der Waals surface area contributed by atoms with Gasteiger partial charge in [0.15, 0.2) is 28.9 Å². The molecule has 6 rings (SSSR count). The van der Waals surface area contributed by atoms with Gasteiger partial charge in [-0.25, -0.2) is 17.6 Å². The van der Waals surface area contributed by atoms with Crippen molar-refractivity contribution in [2.45, 2.75) is 64.0 Å². The Bertz CT molecular complexity index is 1410. The van der Waals surface area contributed by atoms with Crippen LogP contribution >= 0.6 is 0 Å². The van der Waals surface area contributed by atoms with E-state index in [0.717, 1.165) is 29.8 Å². The van der Waals surface area contributed by atoms with Gasteiger partial charge in [0.2, 0.25) is 0 Å². The predicted molar refractivity (Wildman–Crippen MR) is 143 cm³/mol. The number of carboxylic acid groups (broad SMARTS) is 1. The fourth-order valence-corrected chi connectivity index (χ4v) is 6.27. The van der Waals surface area contributed by atoms with E-state index in [1.165, 1.54) is 0 Å². The number of carbonyl (C=O) groups is 1. The maximum atomic E-state index is 14.9. The van der Waals surface area contributed by atoms with Crippen LogP contribution in [0, 0.1) is 28.7 Å². The first kappa shape index (κ1) is 27.8. The number of likely N-dealkylation sites (tertiary alicyclic amines) is 2. The summed E-state index contributed by atoms with van der Waals surface area (Å²) in [5.74, 6) is -6.04. The molecule has 2 aromatic rings. The van der Waals surface area contributed by atoms with E-state index in [1.807, 2.05) is 6.07 Å². The van der Waals surface area contributed by atoms with Crippen molar-refractivity contribution in [3.8, 4) is 16.9 Å². The number of nitrogens with zero attached hydrogens (tertiary/aromatic N) is 3. The van der Waals surface area contributed by atoms with Crippen LogP contribution < -0.4 is 4.74 Å². The third-order valence-corrected chi connectivity index (χ3v) is 8.88. The van der Waals surface area contributed by atoms with E-state index in [4.69, 9.17) is 9.57 Å². The third-order valence-electron chi connectivity index (χ3n) is 8.88. The van der Waals surface area contributed by atoms with Crippen molar-refractivity contribution < 1.29 is 37.0 Å². The normalized spacial score (nSPS) is 21.4. The van der Waals surface area contributed by atoms with E-state index >= 15 is 0 Å². The Labute approximate surface area is 235 Å². The van der Waals surface area contributed by atoms with E-state index in [0.29, 0.717) is 63.8 Å². The summed E-state index contributed by atoms with van der Waals surface area (Å²) in [5, 5.41) is 13.8. The summed E-state index contributed by atoms with van der Waals surface area (Å²) in [6, 6.07) is 4.40. The minimum Gasteiger partial charge on any atom is -0.493 e. The minimum atomic E-state index is -1.84. The number of piperidine rings is 1. The number of halogens is 4. The van der Waals surface area contributed by atoms with Gasteiger partial charge in [0.05, 0.1) is 18.4 Å². The van der Waals surface area contributed by atoms with Gasteiger partial charge < -0.3 is 19.6 Å². The molecule has 1 N–H and O–H groups in total. The molecule has 1 spiro atoms. The lowest BCUT2D eigenvalue weighted by atomic mass is 9.80. The van der Waals surface area contributed by atoms with Gasteiger partial charge in [0.1, 0.15) is 11.6 Å². The van der Waals surface area contributed by atoms with Crippen LogP contribution in [-0.4, -0.2) is 65.1 Å². The molecule has 2 aromatic carbocycles. The van der Waals surface area contributed by atoms with Crippen LogP contribution in [0.25, 0.3) is 11.1 Å². The van der Waals surface area contributed by atoms with Crippen LogP contribution in [-0.2, 0) is 16.2 Å². The number of benzene rings is 2. The molecule has 1 aliphatic carbocycles. The van der Waals surface area contributed by atoms with Crippen LogP contribution in [0.5, 0.6) is 5.75 Å². The molecule has 0 bridgehead atoms. The molecule has 4 aliphatic rings. The summed E-state index contributed by atoms with van der Waals surface area (Å²) in [6.07, 6.45) is 3.49. The Hall–Kier alpha value is -3.34. The van der Waals surface area contributed by atoms with Crippen LogP contribution in [0.1, 0.15) is 63.0 Å². The molecule has 1 saturated carbocycles. The van der Waals surface area contributed by atoms with Crippen molar-refractivity contribution >= 4 is 11.8 Å². The van der Waals surface area contributed by atoms with E-state index < -0.39 is 40.3 Å². The lowest BCUT2D eigenvalue weighted by Gasteiger charge is -2.45. The second-order valence-corrected chi connectivity index (χ2v) is 12.1. The molecule has 0 unspecified atom stereocenters. The highest BCUT2D eigenvalue weighted by molar-refractivity contribution is 5.85. The highest BCUT2D eigenvalue weighted by atomic mass is 19.2. The molecule has 0 aromatic heterocycles. The Kier molecular flexibility index (Phi) is 6.91. The second kappa shape index (κ2) is 10.2. The Morgan fingerprint density at radius 3 is 2.44 bits per heavy atom. The van der Waals surface area contributed by atoms with Crippen molar-refractivity contribution in [2.75, 3.05) is 32.8 Å². The van der Waals surface area contributed by atoms with Gasteiger partial charge in [-0.1, -0.05) is 11.2 Å². The molecule has 3 fully saturated rings. The molecule has 3 heterocycles. The highest BCUT2D eigenvalue weighted by Gasteiger charge is 2.51. The van der Waals surface area contributed by atoms with Crippen molar-refractivity contribution in [1.29, 1.82) is 0 Å². The monoisotopic (exact) mass is 575 g/mol. The van der Waals surface area contributed by atoms with Crippen LogP contribution in [0.3, 0.4) is 0 Å². The summed E-state index contributed by atoms with van der Waals surface area (Å²) in [6.45, 7) is 6.94. The van der Waals surface area contributed by atoms with Gasteiger partial charge >= 0.3 is 5.97 Å². The maximum Gasteiger partial charge on any atom is 0.309 e. The molecule has 2 saturated heterocycles. The predicted octanol–water partition coefficient (Wildman–Crippen LogP) is 5.66. The number of carboxylic acids is 1. The first-order valence-electron chi connectivity index (χ1n) is 14.1. The van der Waals surface area contributed by atoms with E-state index in [-0.39, 0.29) is 23.7 Å². The number of rotatable bonds is 7. The van der Waals surface area contributed by atoms with Gasteiger partial charge in [-0.15, -0.1) is 0 Å². The zero-order valence-electron chi connectivity index (χ0n) is 23.1. The third kappa shape index (κ3) is 5.02. The number of aliphatic carboxylic acids is 1. The van der Waals surface area contributed by atoms with Gasteiger partial charge in [0, 0.05) is 43.9 Å². The standard InChI is InChI=1S/C30H33F4N3O4/c1-3-40-22-11-17(10-19(18-4-5-18)24(22)20-12-21(31)26(33)27(34)25(20)32)14-36-15-30(16-36)13-23(35-41-30)37-8-6-29(2,7-9-37)28(38)39/h10-12,18H,3-9,13-16H2,1-2H3,(H,38,39). The molecular weight excluding hydrogens is 542 g/mol. The average molecular weight is 576 g/mol. The Morgan fingerprint density at radius 1 is 1.10 bits per heavy atom. The van der Waals surface area contributed by atoms with Crippen LogP contribution in [0.15, 0.2) is 23.4 Å². The van der Waals surface area contributed by atoms with E-state index in [9.17, 15) is 27.5 Å². The number of amidine groups is 1. The number of hydrogen-bond acceptors (Lipinski definition) is 6. The quantitative estimate of drug-likeness (QED) is 0.261. The number of oxime groups is 1. The SMILES string of the molecule is CCOc1cc(CN2CC3(CC(N4CCC(C)(C(=O)O)CC4)=NO3)C2)cc(C2CC2)c1-c1cc(F)c(F)c(F)c1F. The molecule has 3 aliphatic heterocycles. The van der Waals surface area contributed by atoms with E-state index in [2.05, 4.69) is 15.0 Å². The van der Waals surface area contributed by atoms with Crippen molar-refractivity contribution in [3.63, 3.8) is 0 Å². The largest absolute Gasteiger partial charge is 0.493 e. The van der Waals surface area contributed by atoms with Gasteiger partial charge in [-0.3, -0.25) is 9.69 Å². The fourth-order valence-electron chi connectivity index (χ4n) is 6.27. The molecule has 11 heteroatoms. The zero-order valence-corrected chi connectivity index (χ0v) is 23.1. The fraction of sp³-hybridized carbons (Fsp3) is 0.533. The Balaban J connectivity index is 1.17. The highest BCUT2D eigenvalue weighted by Crippen LogP contribution is 2.49. The minimum absolute atomic E-state index is 0.101. The topological polar surface area (TPSA) is 74.6 Å². The van der Waals surface area contributed by atoms with Gasteiger partial charge in [0.25, 0.3) is 0 Å². The summed E-state index contributed by atoms with van der Waals surface area (Å²) in [7, 11) is 0.